The lowest BCUT2D eigenvalue weighted by molar-refractivity contribution is -0.132. The van der Waals surface area contributed by atoms with Crippen LogP contribution in [-0.4, -0.2) is 44.1 Å². The lowest BCUT2D eigenvalue weighted by Gasteiger charge is -2.35. The normalized spacial score (nSPS) is 20.0. The van der Waals surface area contributed by atoms with E-state index in [1.165, 1.54) is 11.8 Å². The summed E-state index contributed by atoms with van der Waals surface area (Å²) in [4.78, 5) is 23.3. The number of hydrogen-bond donors (Lipinski definition) is 0. The van der Waals surface area contributed by atoms with Gasteiger partial charge in [-0.3, -0.25) is 4.79 Å². The maximum absolute atomic E-state index is 12.4. The zero-order valence-corrected chi connectivity index (χ0v) is 13.7. The second kappa shape index (κ2) is 5.81. The van der Waals surface area contributed by atoms with Gasteiger partial charge in [-0.25, -0.2) is 9.67 Å². The van der Waals surface area contributed by atoms with Gasteiger partial charge in [0.25, 0.3) is 0 Å². The van der Waals surface area contributed by atoms with E-state index in [4.69, 9.17) is 0 Å². The van der Waals surface area contributed by atoms with E-state index in [9.17, 15) is 4.79 Å². The largest absolute Gasteiger partial charge is 0.337 e. The van der Waals surface area contributed by atoms with E-state index in [0.717, 1.165) is 23.0 Å². The van der Waals surface area contributed by atoms with Crippen molar-refractivity contribution in [1.82, 2.24) is 19.7 Å². The number of carbonyl (C=O) groups is 1. The molecule has 0 radical (unpaired) electrons. The molecule has 0 saturated carbocycles. The standard InChI is InChI=1S/C16H17N5OS/c1-23-16-18-15-17-13-7-14(22)20(8-11-5-3-2-4-6-11)9-12(13)10-21(15)19-16/h2-6,12H,7-10H2,1H3. The minimum Gasteiger partial charge on any atom is -0.337 e. The molecule has 1 fully saturated rings. The van der Waals surface area contributed by atoms with Gasteiger partial charge in [0.2, 0.25) is 17.0 Å². The molecule has 1 amide bonds. The van der Waals surface area contributed by atoms with Crippen molar-refractivity contribution >= 4 is 29.3 Å². The smallest absolute Gasteiger partial charge is 0.248 e. The molecule has 2 aromatic rings. The topological polar surface area (TPSA) is 63.4 Å². The van der Waals surface area contributed by atoms with E-state index in [-0.39, 0.29) is 11.8 Å². The van der Waals surface area contributed by atoms with Crippen molar-refractivity contribution in [2.24, 2.45) is 10.9 Å². The van der Waals surface area contributed by atoms with Crippen LogP contribution in [0.5, 0.6) is 0 Å². The Morgan fingerprint density at radius 2 is 2.09 bits per heavy atom. The number of thioether (sulfide) groups is 1. The van der Waals surface area contributed by atoms with Crippen LogP contribution in [0.2, 0.25) is 0 Å². The van der Waals surface area contributed by atoms with Crippen LogP contribution in [0, 0.1) is 5.92 Å². The van der Waals surface area contributed by atoms with Gasteiger partial charge in [-0.15, -0.1) is 5.10 Å². The highest BCUT2D eigenvalue weighted by Gasteiger charge is 2.34. The second-order valence-electron chi connectivity index (χ2n) is 5.82. The van der Waals surface area contributed by atoms with Gasteiger partial charge >= 0.3 is 0 Å². The molecule has 0 spiro atoms. The molecule has 1 aromatic heterocycles. The van der Waals surface area contributed by atoms with Gasteiger partial charge in [0.05, 0.1) is 13.0 Å². The molecule has 3 heterocycles. The van der Waals surface area contributed by atoms with Crippen LogP contribution in [-0.2, 0) is 17.9 Å². The minimum absolute atomic E-state index is 0.141. The van der Waals surface area contributed by atoms with E-state index in [1.54, 1.807) is 0 Å². The highest BCUT2D eigenvalue weighted by atomic mass is 32.2. The molecule has 7 heteroatoms. The predicted octanol–water partition coefficient (Wildman–Crippen LogP) is 2.13. The summed E-state index contributed by atoms with van der Waals surface area (Å²) >= 11 is 1.51. The molecule has 1 atom stereocenters. The molecule has 2 aliphatic heterocycles. The van der Waals surface area contributed by atoms with Crippen LogP contribution < -0.4 is 0 Å². The molecule has 0 N–H and O–H groups in total. The molecular formula is C16H17N5OS. The third-order valence-electron chi connectivity index (χ3n) is 4.27. The van der Waals surface area contributed by atoms with Crippen LogP contribution in [0.1, 0.15) is 12.0 Å². The molecule has 118 valence electrons. The van der Waals surface area contributed by atoms with Crippen molar-refractivity contribution in [3.63, 3.8) is 0 Å². The molecule has 0 bridgehead atoms. The van der Waals surface area contributed by atoms with Crippen molar-refractivity contribution < 1.29 is 4.79 Å². The molecule has 0 aliphatic carbocycles. The van der Waals surface area contributed by atoms with E-state index in [0.29, 0.717) is 25.5 Å². The number of likely N-dealkylation sites (tertiary alicyclic amines) is 1. The summed E-state index contributed by atoms with van der Waals surface area (Å²) in [6, 6.07) is 10.1. The Bertz CT molecular complexity index is 770. The molecular weight excluding hydrogens is 310 g/mol. The number of aromatic nitrogens is 3. The van der Waals surface area contributed by atoms with Crippen molar-refractivity contribution in [3.05, 3.63) is 35.9 Å². The van der Waals surface area contributed by atoms with Crippen molar-refractivity contribution in [2.75, 3.05) is 12.8 Å². The van der Waals surface area contributed by atoms with Crippen molar-refractivity contribution in [3.8, 4) is 0 Å². The number of amides is 1. The Morgan fingerprint density at radius 1 is 1.26 bits per heavy atom. The fraction of sp³-hybridized carbons (Fsp3) is 0.375. The Morgan fingerprint density at radius 3 is 2.87 bits per heavy atom. The monoisotopic (exact) mass is 327 g/mol. The SMILES string of the molecule is CSc1nc2n(n1)CC1CN(Cc3ccccc3)C(=O)CC1=N2. The Balaban J connectivity index is 1.54. The number of nitrogens with zero attached hydrogens (tertiary/aromatic N) is 5. The van der Waals surface area contributed by atoms with Gasteiger partial charge in [0.15, 0.2) is 0 Å². The lowest BCUT2D eigenvalue weighted by atomic mass is 9.93. The quantitative estimate of drug-likeness (QED) is 0.810. The van der Waals surface area contributed by atoms with Gasteiger partial charge in [-0.2, -0.15) is 4.98 Å². The van der Waals surface area contributed by atoms with Crippen LogP contribution in [0.4, 0.5) is 5.95 Å². The van der Waals surface area contributed by atoms with Crippen LogP contribution in [0.25, 0.3) is 0 Å². The number of rotatable bonds is 3. The molecule has 6 nitrogen and oxygen atoms in total. The van der Waals surface area contributed by atoms with Gasteiger partial charge in [0, 0.05) is 24.7 Å². The number of hydrogen-bond acceptors (Lipinski definition) is 5. The molecule has 2 aliphatic rings. The van der Waals surface area contributed by atoms with Crippen LogP contribution in [0.3, 0.4) is 0 Å². The van der Waals surface area contributed by atoms with Gasteiger partial charge in [-0.1, -0.05) is 42.1 Å². The van der Waals surface area contributed by atoms with E-state index in [1.807, 2.05) is 34.0 Å². The fourth-order valence-corrected chi connectivity index (χ4v) is 3.43. The molecule has 1 saturated heterocycles. The summed E-state index contributed by atoms with van der Waals surface area (Å²) in [5.74, 6) is 1.01. The maximum atomic E-state index is 12.4. The van der Waals surface area contributed by atoms with E-state index < -0.39 is 0 Å². The number of benzene rings is 1. The first kappa shape index (κ1) is 14.4. The Labute approximate surface area is 138 Å². The van der Waals surface area contributed by atoms with E-state index in [2.05, 4.69) is 27.2 Å². The number of fused-ring (bicyclic) bond motifs is 2. The molecule has 23 heavy (non-hydrogen) atoms. The summed E-state index contributed by atoms with van der Waals surface area (Å²) in [5.41, 5.74) is 2.11. The predicted molar refractivity (Wildman–Crippen MR) is 88.9 cm³/mol. The maximum Gasteiger partial charge on any atom is 0.248 e. The molecule has 4 rings (SSSR count). The van der Waals surface area contributed by atoms with Crippen LogP contribution in [0.15, 0.2) is 40.5 Å². The van der Waals surface area contributed by atoms with Crippen molar-refractivity contribution in [2.45, 2.75) is 24.7 Å². The first-order valence-corrected chi connectivity index (χ1v) is 8.83. The van der Waals surface area contributed by atoms with Crippen molar-refractivity contribution in [1.29, 1.82) is 0 Å². The van der Waals surface area contributed by atoms with Gasteiger partial charge in [0.1, 0.15) is 0 Å². The highest BCUT2D eigenvalue weighted by molar-refractivity contribution is 7.98. The van der Waals surface area contributed by atoms with E-state index >= 15 is 0 Å². The van der Waals surface area contributed by atoms with Gasteiger partial charge in [-0.05, 0) is 11.8 Å². The third kappa shape index (κ3) is 2.76. The van der Waals surface area contributed by atoms with Gasteiger partial charge < -0.3 is 4.90 Å². The number of piperidine rings is 1. The number of aliphatic imine (C=N–C) groups is 1. The Kier molecular flexibility index (Phi) is 3.65. The summed E-state index contributed by atoms with van der Waals surface area (Å²) in [6.07, 6.45) is 2.34. The van der Waals surface area contributed by atoms with Crippen LogP contribution >= 0.6 is 11.8 Å². The first-order valence-electron chi connectivity index (χ1n) is 7.61. The lowest BCUT2D eigenvalue weighted by Crippen LogP contribution is -2.46. The summed E-state index contributed by atoms with van der Waals surface area (Å²) in [7, 11) is 0. The zero-order valence-electron chi connectivity index (χ0n) is 12.8. The fourth-order valence-electron chi connectivity index (χ4n) is 3.08. The summed E-state index contributed by atoms with van der Waals surface area (Å²) in [5, 5.41) is 5.18. The second-order valence-corrected chi connectivity index (χ2v) is 6.59. The summed E-state index contributed by atoms with van der Waals surface area (Å²) < 4.78 is 1.86. The average molecular weight is 327 g/mol. The summed E-state index contributed by atoms with van der Waals surface area (Å²) in [6.45, 7) is 2.10. The third-order valence-corrected chi connectivity index (χ3v) is 4.80. The highest BCUT2D eigenvalue weighted by Crippen LogP contribution is 2.28. The first-order chi connectivity index (χ1) is 11.2. The average Bonchev–Trinajstić information content (AvgIpc) is 2.96. The Hall–Kier alpha value is -2.15. The number of carbonyl (C=O) groups excluding carboxylic acids is 1. The molecule has 1 aromatic carbocycles. The minimum atomic E-state index is 0.141. The zero-order chi connectivity index (χ0) is 15.8. The molecule has 1 unspecified atom stereocenters.